The summed E-state index contributed by atoms with van der Waals surface area (Å²) in [7, 11) is 0. The Morgan fingerprint density at radius 3 is 2.18 bits per heavy atom. The predicted molar refractivity (Wildman–Crippen MR) is 43.2 cm³/mol. The Hall–Kier alpha value is -1.31. The molecule has 2 heteroatoms. The number of rotatable bonds is 2. The van der Waals surface area contributed by atoms with Crippen LogP contribution in [0.25, 0.3) is 0 Å². The van der Waals surface area contributed by atoms with E-state index in [-0.39, 0.29) is 12.3 Å². The highest BCUT2D eigenvalue weighted by Gasteiger charge is 2.05. The van der Waals surface area contributed by atoms with Gasteiger partial charge in [-0.15, -0.1) is 0 Å². The Balaban J connectivity index is 2.53. The van der Waals surface area contributed by atoms with Crippen molar-refractivity contribution < 1.29 is 9.90 Å². The zero-order chi connectivity index (χ0) is 8.10. The van der Waals surface area contributed by atoms with E-state index in [1.807, 2.05) is 36.5 Å². The lowest BCUT2D eigenvalue weighted by molar-refractivity contribution is -0.137. The van der Waals surface area contributed by atoms with Crippen LogP contribution in [0.2, 0.25) is 0 Å². The van der Waals surface area contributed by atoms with E-state index in [1.54, 1.807) is 0 Å². The lowest BCUT2D eigenvalue weighted by Gasteiger charge is -2.00. The third-order valence-electron chi connectivity index (χ3n) is 1.46. The SMILES string of the molecule is O=C(O)CC1C=CC=CC=C1. The Kier molecular flexibility index (Phi) is 2.66. The molecule has 58 valence electrons. The summed E-state index contributed by atoms with van der Waals surface area (Å²) >= 11 is 0. The van der Waals surface area contributed by atoms with Crippen LogP contribution < -0.4 is 0 Å². The summed E-state index contributed by atoms with van der Waals surface area (Å²) < 4.78 is 0. The first-order valence-electron chi connectivity index (χ1n) is 3.52. The van der Waals surface area contributed by atoms with E-state index in [2.05, 4.69) is 0 Å². The number of hydrogen-bond donors (Lipinski definition) is 1. The highest BCUT2D eigenvalue weighted by atomic mass is 16.4. The second-order valence-electron chi connectivity index (χ2n) is 2.42. The second kappa shape index (κ2) is 3.76. The minimum atomic E-state index is -0.758. The zero-order valence-corrected chi connectivity index (χ0v) is 6.10. The van der Waals surface area contributed by atoms with Gasteiger partial charge in [0.15, 0.2) is 0 Å². The van der Waals surface area contributed by atoms with Crippen molar-refractivity contribution in [1.82, 2.24) is 0 Å². The molecule has 1 rings (SSSR count). The molecule has 1 aliphatic carbocycles. The summed E-state index contributed by atoms with van der Waals surface area (Å²) in [4.78, 5) is 10.3. The van der Waals surface area contributed by atoms with Crippen molar-refractivity contribution in [2.24, 2.45) is 5.92 Å². The Morgan fingerprint density at radius 1 is 1.18 bits per heavy atom. The van der Waals surface area contributed by atoms with E-state index in [0.29, 0.717) is 0 Å². The van der Waals surface area contributed by atoms with Gasteiger partial charge in [-0.05, 0) is 0 Å². The van der Waals surface area contributed by atoms with Crippen LogP contribution in [-0.2, 0) is 4.79 Å². The maximum Gasteiger partial charge on any atom is 0.304 e. The Bertz CT molecular complexity index is 208. The molecular weight excluding hydrogens is 140 g/mol. The zero-order valence-electron chi connectivity index (χ0n) is 6.10. The molecule has 0 fully saturated rings. The van der Waals surface area contributed by atoms with Crippen LogP contribution in [0.1, 0.15) is 6.42 Å². The first kappa shape index (κ1) is 7.79. The number of carboxylic acids is 1. The second-order valence-corrected chi connectivity index (χ2v) is 2.42. The first-order chi connectivity index (χ1) is 5.29. The minimum Gasteiger partial charge on any atom is -0.481 e. The maximum absolute atomic E-state index is 10.3. The molecule has 0 bridgehead atoms. The van der Waals surface area contributed by atoms with Crippen LogP contribution in [0.5, 0.6) is 0 Å². The molecular formula is C9H10O2. The van der Waals surface area contributed by atoms with Crippen molar-refractivity contribution in [3.63, 3.8) is 0 Å². The Morgan fingerprint density at radius 2 is 1.73 bits per heavy atom. The van der Waals surface area contributed by atoms with Crippen molar-refractivity contribution in [2.45, 2.75) is 6.42 Å². The number of carbonyl (C=O) groups is 1. The summed E-state index contributed by atoms with van der Waals surface area (Å²) in [5, 5.41) is 8.47. The molecule has 0 radical (unpaired) electrons. The van der Waals surface area contributed by atoms with Crippen molar-refractivity contribution in [1.29, 1.82) is 0 Å². The van der Waals surface area contributed by atoms with Gasteiger partial charge >= 0.3 is 5.97 Å². The van der Waals surface area contributed by atoms with E-state index in [0.717, 1.165) is 0 Å². The fraction of sp³-hybridized carbons (Fsp3) is 0.222. The normalized spacial score (nSPS) is 16.7. The standard InChI is InChI=1S/C9H10O2/c10-9(11)7-8-5-3-1-2-4-6-8/h1-6,8H,7H2,(H,10,11). The summed E-state index contributed by atoms with van der Waals surface area (Å²) in [5.41, 5.74) is 0. The molecule has 1 aliphatic rings. The molecule has 0 aliphatic heterocycles. The molecule has 11 heavy (non-hydrogen) atoms. The predicted octanol–water partition coefficient (Wildman–Crippen LogP) is 1.76. The first-order valence-corrected chi connectivity index (χ1v) is 3.52. The van der Waals surface area contributed by atoms with Gasteiger partial charge in [0.1, 0.15) is 0 Å². The molecule has 0 saturated heterocycles. The van der Waals surface area contributed by atoms with Crippen LogP contribution >= 0.6 is 0 Å². The molecule has 0 saturated carbocycles. The topological polar surface area (TPSA) is 37.3 Å². The lowest BCUT2D eigenvalue weighted by atomic mass is 10.1. The van der Waals surface area contributed by atoms with E-state index in [4.69, 9.17) is 5.11 Å². The highest BCUT2D eigenvalue weighted by Crippen LogP contribution is 2.09. The quantitative estimate of drug-likeness (QED) is 0.651. The van der Waals surface area contributed by atoms with Gasteiger partial charge in [-0.3, -0.25) is 4.79 Å². The number of hydrogen-bond acceptors (Lipinski definition) is 1. The molecule has 0 aromatic rings. The van der Waals surface area contributed by atoms with Gasteiger partial charge in [0, 0.05) is 5.92 Å². The van der Waals surface area contributed by atoms with Crippen molar-refractivity contribution >= 4 is 5.97 Å². The summed E-state index contributed by atoms with van der Waals surface area (Å²) in [6, 6.07) is 0. The van der Waals surface area contributed by atoms with Gasteiger partial charge in [0.25, 0.3) is 0 Å². The average Bonchev–Trinajstić information content (AvgIpc) is 2.14. The molecule has 0 heterocycles. The molecule has 0 unspecified atom stereocenters. The monoisotopic (exact) mass is 150 g/mol. The number of allylic oxidation sites excluding steroid dienone is 6. The fourth-order valence-corrected chi connectivity index (χ4v) is 0.944. The van der Waals surface area contributed by atoms with Crippen LogP contribution in [0.3, 0.4) is 0 Å². The summed E-state index contributed by atoms with van der Waals surface area (Å²) in [6.45, 7) is 0. The highest BCUT2D eigenvalue weighted by molar-refractivity contribution is 5.67. The van der Waals surface area contributed by atoms with Crippen LogP contribution in [0.15, 0.2) is 36.5 Å². The minimum absolute atomic E-state index is 0.0440. The van der Waals surface area contributed by atoms with Crippen molar-refractivity contribution in [2.75, 3.05) is 0 Å². The molecule has 1 N–H and O–H groups in total. The van der Waals surface area contributed by atoms with E-state index >= 15 is 0 Å². The lowest BCUT2D eigenvalue weighted by Crippen LogP contribution is -2.02. The summed E-state index contributed by atoms with van der Waals surface area (Å²) in [5.74, 6) is -0.714. The third kappa shape index (κ3) is 2.85. The van der Waals surface area contributed by atoms with Crippen molar-refractivity contribution in [3.8, 4) is 0 Å². The molecule has 2 nitrogen and oxygen atoms in total. The van der Waals surface area contributed by atoms with Crippen LogP contribution in [0.4, 0.5) is 0 Å². The van der Waals surface area contributed by atoms with Gasteiger partial charge < -0.3 is 5.11 Å². The number of carboxylic acid groups (broad SMARTS) is 1. The maximum atomic E-state index is 10.3. The molecule has 0 aromatic carbocycles. The van der Waals surface area contributed by atoms with Gasteiger partial charge in [-0.25, -0.2) is 0 Å². The fourth-order valence-electron chi connectivity index (χ4n) is 0.944. The van der Waals surface area contributed by atoms with Crippen LogP contribution in [-0.4, -0.2) is 11.1 Å². The largest absolute Gasteiger partial charge is 0.481 e. The molecule has 0 aromatic heterocycles. The van der Waals surface area contributed by atoms with E-state index in [1.165, 1.54) is 0 Å². The van der Waals surface area contributed by atoms with Gasteiger partial charge in [0.05, 0.1) is 6.42 Å². The van der Waals surface area contributed by atoms with E-state index < -0.39 is 5.97 Å². The average molecular weight is 150 g/mol. The molecule has 0 atom stereocenters. The van der Waals surface area contributed by atoms with Gasteiger partial charge in [-0.2, -0.15) is 0 Å². The van der Waals surface area contributed by atoms with E-state index in [9.17, 15) is 4.79 Å². The Labute approximate surface area is 65.5 Å². The number of aliphatic carboxylic acids is 1. The smallest absolute Gasteiger partial charge is 0.304 e. The van der Waals surface area contributed by atoms with Crippen molar-refractivity contribution in [3.05, 3.63) is 36.5 Å². The van der Waals surface area contributed by atoms with Gasteiger partial charge in [0.2, 0.25) is 0 Å². The third-order valence-corrected chi connectivity index (χ3v) is 1.46. The molecule has 0 amide bonds. The van der Waals surface area contributed by atoms with Crippen LogP contribution in [0, 0.1) is 5.92 Å². The molecule has 0 spiro atoms. The summed E-state index contributed by atoms with van der Waals surface area (Å²) in [6.07, 6.45) is 11.5. The van der Waals surface area contributed by atoms with Gasteiger partial charge in [-0.1, -0.05) is 36.5 Å².